The number of hydrogen-bond donors (Lipinski definition) is 0. The van der Waals surface area contributed by atoms with Gasteiger partial charge in [-0.05, 0) is 119 Å². The molecule has 0 amide bonds. The highest BCUT2D eigenvalue weighted by Gasteiger charge is 2.43. The Morgan fingerprint density at radius 1 is 0.338 bits per heavy atom. The Balaban J connectivity index is 0.997. The summed E-state index contributed by atoms with van der Waals surface area (Å²) in [5.74, 6) is 1.88. The van der Waals surface area contributed by atoms with Crippen LogP contribution in [0.4, 0.5) is 34.1 Å². The normalized spacial score (nSPS) is 12.5. The van der Waals surface area contributed by atoms with E-state index in [1.165, 1.54) is 44.5 Å². The van der Waals surface area contributed by atoms with E-state index >= 15 is 0 Å². The van der Waals surface area contributed by atoms with Gasteiger partial charge in [0, 0.05) is 61.6 Å². The summed E-state index contributed by atoms with van der Waals surface area (Å²) in [6, 6.07) is 87.1. The van der Waals surface area contributed by atoms with Gasteiger partial charge in [-0.2, -0.15) is 0 Å². The van der Waals surface area contributed by atoms with Gasteiger partial charge in [-0.1, -0.05) is 164 Å². The lowest BCUT2D eigenvalue weighted by molar-refractivity contribution is 1.06. The van der Waals surface area contributed by atoms with Crippen molar-refractivity contribution >= 4 is 79.0 Å². The third-order valence-corrected chi connectivity index (χ3v) is 14.3. The zero-order chi connectivity index (χ0) is 47.0. The molecule has 7 heteroatoms. The first-order valence-electron chi connectivity index (χ1n) is 24.2. The van der Waals surface area contributed by atoms with Gasteiger partial charge in [0.25, 0.3) is 6.71 Å². The molecule has 0 radical (unpaired) electrons. The molecule has 2 aromatic heterocycles. The first kappa shape index (κ1) is 40.7. The third-order valence-electron chi connectivity index (χ3n) is 14.3. The Kier molecular flexibility index (Phi) is 9.42. The third kappa shape index (κ3) is 6.62. The van der Waals surface area contributed by atoms with Crippen molar-refractivity contribution < 1.29 is 0 Å². The standard InChI is InChI=1S/C64H43BN6/c1-42-34-36-50(64-67-62(43-20-6-2-7-21-43)66-63(68-64)44-22-8-3-9-23-44)58(38-42)71-54-31-17-14-28-49(54)51-39-45(35-37-55(51)71)46-40-59-61-60(41-46)70(48-26-12-5-13-27-48)57-33-19-16-30-53(57)65(61)52-29-15-18-32-56(52)69(59)47-24-10-4-11-25-47/h2-41H,1H3. The van der Waals surface area contributed by atoms with Crippen LogP contribution in [0.1, 0.15) is 5.56 Å². The predicted octanol–water partition coefficient (Wildman–Crippen LogP) is 14.0. The van der Waals surface area contributed by atoms with E-state index in [1.54, 1.807) is 0 Å². The van der Waals surface area contributed by atoms with Crippen LogP contribution in [0.25, 0.3) is 72.8 Å². The van der Waals surface area contributed by atoms with E-state index in [0.717, 1.165) is 66.9 Å². The predicted molar refractivity (Wildman–Crippen MR) is 295 cm³/mol. The molecule has 14 rings (SSSR count). The van der Waals surface area contributed by atoms with Gasteiger partial charge in [0.15, 0.2) is 17.5 Å². The fourth-order valence-corrected chi connectivity index (χ4v) is 11.1. The van der Waals surface area contributed by atoms with Crippen molar-refractivity contribution in [1.82, 2.24) is 19.5 Å². The summed E-state index contributed by atoms with van der Waals surface area (Å²) in [7, 11) is 0. The van der Waals surface area contributed by atoms with E-state index < -0.39 is 0 Å². The summed E-state index contributed by atoms with van der Waals surface area (Å²) in [4.78, 5) is 20.4. The Hall–Kier alpha value is -9.33. The number of aryl methyl sites for hydroxylation is 1. The van der Waals surface area contributed by atoms with Gasteiger partial charge in [0.2, 0.25) is 0 Å². The fourth-order valence-electron chi connectivity index (χ4n) is 11.1. The first-order valence-corrected chi connectivity index (χ1v) is 24.2. The van der Waals surface area contributed by atoms with Gasteiger partial charge in [-0.25, -0.2) is 15.0 Å². The summed E-state index contributed by atoms with van der Waals surface area (Å²) in [6.45, 7) is 2.20. The number of aromatic nitrogens is 4. The van der Waals surface area contributed by atoms with Crippen molar-refractivity contribution in [3.05, 3.63) is 248 Å². The van der Waals surface area contributed by atoms with Gasteiger partial charge >= 0.3 is 0 Å². The maximum atomic E-state index is 5.22. The number of rotatable bonds is 7. The molecule has 6 nitrogen and oxygen atoms in total. The molecule has 0 saturated carbocycles. The quantitative estimate of drug-likeness (QED) is 0.149. The molecule has 2 aliphatic heterocycles. The molecule has 10 aromatic carbocycles. The minimum atomic E-state index is 0.0438. The van der Waals surface area contributed by atoms with Crippen molar-refractivity contribution in [2.45, 2.75) is 6.92 Å². The molecule has 71 heavy (non-hydrogen) atoms. The van der Waals surface area contributed by atoms with Crippen molar-refractivity contribution in [3.63, 3.8) is 0 Å². The van der Waals surface area contributed by atoms with Gasteiger partial charge < -0.3 is 14.4 Å². The molecule has 4 heterocycles. The second-order valence-electron chi connectivity index (χ2n) is 18.5. The van der Waals surface area contributed by atoms with Gasteiger partial charge in [0.05, 0.1) is 16.7 Å². The molecule has 0 atom stereocenters. The number of nitrogens with zero attached hydrogens (tertiary/aromatic N) is 6. The molecule has 332 valence electrons. The zero-order valence-corrected chi connectivity index (χ0v) is 38.9. The Labute approximate surface area is 412 Å². The molecule has 12 aromatic rings. The fraction of sp³-hybridized carbons (Fsp3) is 0.0156. The number of anilines is 6. The molecule has 0 saturated heterocycles. The number of hydrogen-bond acceptors (Lipinski definition) is 5. The molecule has 2 aliphatic rings. The van der Waals surface area contributed by atoms with Gasteiger partial charge in [-0.3, -0.25) is 0 Å². The minimum Gasteiger partial charge on any atom is -0.311 e. The lowest BCUT2D eigenvalue weighted by Crippen LogP contribution is -2.61. The average molecular weight is 907 g/mol. The average Bonchev–Trinajstić information content (AvgIpc) is 3.77. The van der Waals surface area contributed by atoms with Crippen LogP contribution in [-0.2, 0) is 0 Å². The molecule has 0 fully saturated rings. The SMILES string of the molecule is Cc1ccc(-c2nc(-c3ccccc3)nc(-c3ccccc3)n2)c(-n2c3ccccc3c3cc(-c4cc5c6c(c4)N(c4ccccc4)c4ccccc4B6c4ccccc4N5c4ccccc4)ccc32)c1. The summed E-state index contributed by atoms with van der Waals surface area (Å²) in [5.41, 5.74) is 20.3. The number of para-hydroxylation sites is 5. The lowest BCUT2D eigenvalue weighted by atomic mass is 9.33. The molecule has 0 aliphatic carbocycles. The summed E-state index contributed by atoms with van der Waals surface area (Å²) in [6.07, 6.45) is 0. The van der Waals surface area contributed by atoms with Crippen LogP contribution in [0.2, 0.25) is 0 Å². The van der Waals surface area contributed by atoms with E-state index in [9.17, 15) is 0 Å². The van der Waals surface area contributed by atoms with E-state index in [4.69, 9.17) is 15.0 Å². The molecular weight excluding hydrogens is 864 g/mol. The van der Waals surface area contributed by atoms with E-state index in [1.807, 2.05) is 36.4 Å². The van der Waals surface area contributed by atoms with Crippen LogP contribution in [0.5, 0.6) is 0 Å². The molecule has 0 spiro atoms. The van der Waals surface area contributed by atoms with Crippen LogP contribution in [0.3, 0.4) is 0 Å². The zero-order valence-electron chi connectivity index (χ0n) is 38.9. The van der Waals surface area contributed by atoms with Crippen LogP contribution in [0, 0.1) is 6.92 Å². The van der Waals surface area contributed by atoms with Crippen molar-refractivity contribution in [2.24, 2.45) is 0 Å². The van der Waals surface area contributed by atoms with Crippen LogP contribution >= 0.6 is 0 Å². The minimum absolute atomic E-state index is 0.0438. The highest BCUT2D eigenvalue weighted by atomic mass is 15.2. The van der Waals surface area contributed by atoms with E-state index in [-0.39, 0.29) is 6.71 Å². The molecule has 0 unspecified atom stereocenters. The number of benzene rings is 10. The molecule has 0 N–H and O–H groups in total. The van der Waals surface area contributed by atoms with Crippen LogP contribution < -0.4 is 26.2 Å². The lowest BCUT2D eigenvalue weighted by Gasteiger charge is -2.44. The van der Waals surface area contributed by atoms with Crippen LogP contribution in [0.15, 0.2) is 243 Å². The smallest absolute Gasteiger partial charge is 0.252 e. The Morgan fingerprint density at radius 2 is 0.831 bits per heavy atom. The topological polar surface area (TPSA) is 50.1 Å². The summed E-state index contributed by atoms with van der Waals surface area (Å²) in [5, 5.41) is 2.33. The van der Waals surface area contributed by atoms with Crippen molar-refractivity contribution in [3.8, 4) is 51.0 Å². The van der Waals surface area contributed by atoms with E-state index in [0.29, 0.717) is 17.5 Å². The van der Waals surface area contributed by atoms with Crippen LogP contribution in [-0.4, -0.2) is 26.2 Å². The molecular formula is C64H43BN6. The monoisotopic (exact) mass is 906 g/mol. The first-order chi connectivity index (χ1) is 35.1. The summed E-state index contributed by atoms with van der Waals surface area (Å²) >= 11 is 0. The Bertz CT molecular complexity index is 3850. The Morgan fingerprint density at radius 3 is 1.42 bits per heavy atom. The second kappa shape index (κ2) is 16.4. The summed E-state index contributed by atoms with van der Waals surface area (Å²) < 4.78 is 2.40. The van der Waals surface area contributed by atoms with Gasteiger partial charge in [0.1, 0.15) is 0 Å². The highest BCUT2D eigenvalue weighted by Crippen LogP contribution is 2.47. The van der Waals surface area contributed by atoms with Crippen molar-refractivity contribution in [2.75, 3.05) is 9.80 Å². The van der Waals surface area contributed by atoms with E-state index in [2.05, 4.69) is 228 Å². The van der Waals surface area contributed by atoms with Gasteiger partial charge in [-0.15, -0.1) is 0 Å². The molecule has 0 bridgehead atoms. The maximum absolute atomic E-state index is 5.22. The number of fused-ring (bicyclic) bond motifs is 7. The highest BCUT2D eigenvalue weighted by molar-refractivity contribution is 7.00. The second-order valence-corrected chi connectivity index (χ2v) is 18.5. The van der Waals surface area contributed by atoms with Crippen molar-refractivity contribution in [1.29, 1.82) is 0 Å². The largest absolute Gasteiger partial charge is 0.311 e. The maximum Gasteiger partial charge on any atom is 0.252 e.